The Labute approximate surface area is 247 Å². The van der Waals surface area contributed by atoms with Crippen molar-refractivity contribution in [1.82, 2.24) is 0 Å². The summed E-state index contributed by atoms with van der Waals surface area (Å²) in [5.74, 6) is 0. The van der Waals surface area contributed by atoms with Crippen molar-refractivity contribution < 1.29 is 0 Å². The van der Waals surface area contributed by atoms with Crippen LogP contribution >= 0.6 is 0 Å². The fourth-order valence-corrected chi connectivity index (χ4v) is 5.79. The second kappa shape index (κ2) is 15.8. The molecule has 0 radical (unpaired) electrons. The Hall–Kier alpha value is -2.86. The van der Waals surface area contributed by atoms with Crippen LogP contribution < -0.4 is 0 Å². The van der Waals surface area contributed by atoms with E-state index in [9.17, 15) is 0 Å². The first-order valence-corrected chi connectivity index (χ1v) is 15.3. The predicted molar refractivity (Wildman–Crippen MR) is 181 cm³/mol. The molecular formula is C40H56. The van der Waals surface area contributed by atoms with Gasteiger partial charge in [-0.3, -0.25) is 0 Å². The predicted octanol–water partition coefficient (Wildman–Crippen LogP) is 12.6. The molecule has 0 unspecified atom stereocenters. The van der Waals surface area contributed by atoms with Crippen molar-refractivity contribution in [3.05, 3.63) is 130 Å². The minimum atomic E-state index is 0.291. The van der Waals surface area contributed by atoms with Gasteiger partial charge in [-0.2, -0.15) is 0 Å². The van der Waals surface area contributed by atoms with Gasteiger partial charge in [-0.1, -0.05) is 146 Å². The lowest BCUT2D eigenvalue weighted by Gasteiger charge is -2.33. The van der Waals surface area contributed by atoms with Gasteiger partial charge in [0.1, 0.15) is 0 Å². The second-order valence-corrected chi connectivity index (χ2v) is 13.3. The van der Waals surface area contributed by atoms with Gasteiger partial charge >= 0.3 is 0 Å². The molecule has 40 heavy (non-hydrogen) atoms. The third kappa shape index (κ3) is 11.3. The molecule has 0 fully saturated rings. The molecule has 0 heterocycles. The zero-order valence-corrected chi connectivity index (χ0v) is 27.3. The fourth-order valence-electron chi connectivity index (χ4n) is 5.79. The summed E-state index contributed by atoms with van der Waals surface area (Å²) in [5.41, 5.74) is 11.7. The Morgan fingerprint density at radius 1 is 0.500 bits per heavy atom. The van der Waals surface area contributed by atoms with E-state index in [0.717, 1.165) is 0 Å². The number of rotatable bonds is 10. The molecule has 0 nitrogen and oxygen atoms in total. The molecule has 0 aromatic heterocycles. The summed E-state index contributed by atoms with van der Waals surface area (Å²) in [6.07, 6.45) is 38.4. The Kier molecular flexibility index (Phi) is 13.2. The fraction of sp³-hybridized carbons (Fsp3) is 0.450. The van der Waals surface area contributed by atoms with Gasteiger partial charge in [-0.05, 0) is 102 Å². The van der Waals surface area contributed by atoms with Crippen molar-refractivity contribution in [3.8, 4) is 0 Å². The summed E-state index contributed by atoms with van der Waals surface area (Å²) in [5, 5.41) is 0. The van der Waals surface area contributed by atoms with E-state index in [0.29, 0.717) is 10.8 Å². The van der Waals surface area contributed by atoms with Crippen LogP contribution in [0.3, 0.4) is 0 Å². The van der Waals surface area contributed by atoms with E-state index in [2.05, 4.69) is 154 Å². The summed E-state index contributed by atoms with van der Waals surface area (Å²) >= 11 is 0. The van der Waals surface area contributed by atoms with Crippen molar-refractivity contribution in [2.45, 2.75) is 108 Å². The summed E-state index contributed by atoms with van der Waals surface area (Å²) in [6, 6.07) is 0. The summed E-state index contributed by atoms with van der Waals surface area (Å²) in [7, 11) is 0. The maximum absolute atomic E-state index is 2.37. The van der Waals surface area contributed by atoms with Crippen LogP contribution in [-0.4, -0.2) is 0 Å². The first kappa shape index (κ1) is 33.3. The molecule has 2 aliphatic rings. The standard InChI is InChI=1S/C40H56/c1-31(19-13-21-33(3)25-27-37-35(5)23-15-29-39(37,7)8)17-11-12-18-32(2)20-14-22-34(4)26-28-38-36(6)24-16-30-40(38,9)10/h11-14,17-22,25-28H,15-16,23-24,29-30H2,1-10H3/b12-11+,19-13+,20-14+,27-25-,28-26+,31-17+,32-18-,33-21+,34-22+. The first-order valence-electron chi connectivity index (χ1n) is 15.3. The Morgan fingerprint density at radius 3 is 1.18 bits per heavy atom. The second-order valence-electron chi connectivity index (χ2n) is 13.3. The molecular weight excluding hydrogens is 480 g/mol. The third-order valence-electron chi connectivity index (χ3n) is 8.38. The van der Waals surface area contributed by atoms with E-state index in [-0.39, 0.29) is 0 Å². The lowest BCUT2D eigenvalue weighted by molar-refractivity contribution is 0.376. The van der Waals surface area contributed by atoms with E-state index in [1.54, 1.807) is 11.1 Å². The molecule has 2 aliphatic carbocycles. The van der Waals surface area contributed by atoms with Gasteiger partial charge in [-0.25, -0.2) is 0 Å². The SMILES string of the molecule is CC1=C(\C=C/C(C)=C/C=C/C(C)=C/C=C/C=C(C)\C=C\C=C(C)\C=C\C2=C(C)CCCC2(C)C)C(C)(C)CCC1. The van der Waals surface area contributed by atoms with Crippen LogP contribution in [0.1, 0.15) is 108 Å². The molecule has 0 aromatic carbocycles. The van der Waals surface area contributed by atoms with Gasteiger partial charge < -0.3 is 0 Å². The van der Waals surface area contributed by atoms with E-state index >= 15 is 0 Å². The smallest absolute Gasteiger partial charge is 0.0104 e. The number of allylic oxidation sites excluding steroid dienone is 22. The summed E-state index contributed by atoms with van der Waals surface area (Å²) in [6.45, 7) is 22.7. The van der Waals surface area contributed by atoms with Crippen molar-refractivity contribution in [1.29, 1.82) is 0 Å². The van der Waals surface area contributed by atoms with E-state index < -0.39 is 0 Å². The van der Waals surface area contributed by atoms with Gasteiger partial charge in [0, 0.05) is 0 Å². The lowest BCUT2D eigenvalue weighted by Crippen LogP contribution is -2.19. The number of hydrogen-bond donors (Lipinski definition) is 0. The molecule has 0 N–H and O–H groups in total. The molecule has 0 aromatic rings. The van der Waals surface area contributed by atoms with Crippen molar-refractivity contribution in [3.63, 3.8) is 0 Å². The largest absolute Gasteiger partial charge is 0.0696 e. The van der Waals surface area contributed by atoms with Crippen molar-refractivity contribution in [2.75, 3.05) is 0 Å². The maximum Gasteiger partial charge on any atom is -0.0104 e. The molecule has 216 valence electrons. The highest BCUT2D eigenvalue weighted by atomic mass is 14.3. The molecule has 0 bridgehead atoms. The molecule has 0 atom stereocenters. The Morgan fingerprint density at radius 2 is 0.825 bits per heavy atom. The van der Waals surface area contributed by atoms with E-state index in [1.165, 1.54) is 72.0 Å². The van der Waals surface area contributed by atoms with Gasteiger partial charge in [0.25, 0.3) is 0 Å². The normalized spacial score (nSPS) is 21.9. The maximum atomic E-state index is 2.37. The first-order chi connectivity index (χ1) is 18.8. The summed E-state index contributed by atoms with van der Waals surface area (Å²) < 4.78 is 0. The third-order valence-corrected chi connectivity index (χ3v) is 8.38. The minimum Gasteiger partial charge on any atom is -0.0696 e. The van der Waals surface area contributed by atoms with E-state index in [4.69, 9.17) is 0 Å². The average Bonchev–Trinajstić information content (AvgIpc) is 2.85. The van der Waals surface area contributed by atoms with Crippen molar-refractivity contribution >= 4 is 0 Å². The highest BCUT2D eigenvalue weighted by Crippen LogP contribution is 2.41. The van der Waals surface area contributed by atoms with Crippen LogP contribution in [0.5, 0.6) is 0 Å². The molecule has 0 amide bonds. The molecule has 0 spiro atoms. The van der Waals surface area contributed by atoms with Gasteiger partial charge in [0.05, 0.1) is 0 Å². The molecule has 0 heteroatoms. The van der Waals surface area contributed by atoms with Crippen LogP contribution in [0, 0.1) is 10.8 Å². The Bertz CT molecular complexity index is 1120. The summed E-state index contributed by atoms with van der Waals surface area (Å²) in [4.78, 5) is 0. The Balaban J connectivity index is 1.89. The quantitative estimate of drug-likeness (QED) is 0.244. The molecule has 0 aliphatic heterocycles. The van der Waals surface area contributed by atoms with Crippen LogP contribution in [-0.2, 0) is 0 Å². The average molecular weight is 537 g/mol. The van der Waals surface area contributed by atoms with Crippen LogP contribution in [0.4, 0.5) is 0 Å². The highest BCUT2D eigenvalue weighted by Gasteiger charge is 2.27. The molecule has 0 saturated carbocycles. The van der Waals surface area contributed by atoms with Gasteiger partial charge in [-0.15, -0.1) is 0 Å². The zero-order valence-electron chi connectivity index (χ0n) is 27.3. The van der Waals surface area contributed by atoms with Crippen LogP contribution in [0.15, 0.2) is 130 Å². The van der Waals surface area contributed by atoms with Crippen LogP contribution in [0.25, 0.3) is 0 Å². The van der Waals surface area contributed by atoms with Crippen molar-refractivity contribution in [2.24, 2.45) is 10.8 Å². The van der Waals surface area contributed by atoms with Gasteiger partial charge in [0.2, 0.25) is 0 Å². The zero-order chi connectivity index (χ0) is 29.8. The monoisotopic (exact) mass is 536 g/mol. The van der Waals surface area contributed by atoms with Crippen LogP contribution in [0.2, 0.25) is 0 Å². The minimum absolute atomic E-state index is 0.291. The lowest BCUT2D eigenvalue weighted by atomic mass is 9.72. The molecule has 2 rings (SSSR count). The van der Waals surface area contributed by atoms with E-state index in [1.807, 2.05) is 0 Å². The molecule has 0 saturated heterocycles. The number of hydrogen-bond acceptors (Lipinski definition) is 0. The van der Waals surface area contributed by atoms with Gasteiger partial charge in [0.15, 0.2) is 0 Å². The highest BCUT2D eigenvalue weighted by molar-refractivity contribution is 5.39. The topological polar surface area (TPSA) is 0 Å².